The van der Waals surface area contributed by atoms with E-state index in [-0.39, 0.29) is 17.7 Å². The first-order chi connectivity index (χ1) is 17.4. The number of H-pyrrole nitrogens is 1. The second kappa shape index (κ2) is 9.75. The van der Waals surface area contributed by atoms with Gasteiger partial charge >= 0.3 is 0 Å². The average Bonchev–Trinajstić information content (AvgIpc) is 3.81. The summed E-state index contributed by atoms with van der Waals surface area (Å²) in [7, 11) is 1.58. The van der Waals surface area contributed by atoms with Crippen molar-refractivity contribution in [3.8, 4) is 17.0 Å². The standard InChI is InChI=1S/C26H33N7O3/c1-5-33-19(10-11-28-33)25(34)30-24(22(16-6-7-16)17-8-9-17)26(35)29-18-12-20(36-4)23(27-13-18)21-14(2)31-32-15(21)3/h10-13,16-17,22,24H,5-9H2,1-4H3,(H,29,35)(H,30,34)(H,31,32). The molecule has 10 nitrogen and oxygen atoms in total. The third kappa shape index (κ3) is 4.72. The summed E-state index contributed by atoms with van der Waals surface area (Å²) in [6.45, 7) is 6.35. The van der Waals surface area contributed by atoms with Gasteiger partial charge in [-0.25, -0.2) is 0 Å². The van der Waals surface area contributed by atoms with Crippen molar-refractivity contribution < 1.29 is 14.3 Å². The fraction of sp³-hybridized carbons (Fsp3) is 0.500. The SMILES string of the molecule is CCn1nccc1C(=O)NC(C(=O)Nc1cnc(-c2c(C)n[nH]c2C)c(OC)c1)C(C1CC1)C1CC1. The van der Waals surface area contributed by atoms with E-state index in [2.05, 4.69) is 30.9 Å². The fourth-order valence-corrected chi connectivity index (χ4v) is 5.20. The summed E-state index contributed by atoms with van der Waals surface area (Å²) < 4.78 is 7.25. The molecular weight excluding hydrogens is 458 g/mol. The number of amides is 2. The molecule has 1 unspecified atom stereocenters. The highest BCUT2D eigenvalue weighted by atomic mass is 16.5. The second-order valence-corrected chi connectivity index (χ2v) is 9.81. The zero-order chi connectivity index (χ0) is 25.4. The summed E-state index contributed by atoms with van der Waals surface area (Å²) in [5, 5.41) is 17.5. The molecule has 2 amide bonds. The molecule has 36 heavy (non-hydrogen) atoms. The van der Waals surface area contributed by atoms with Gasteiger partial charge in [-0.15, -0.1) is 0 Å². The zero-order valence-corrected chi connectivity index (χ0v) is 21.2. The van der Waals surface area contributed by atoms with Gasteiger partial charge in [-0.05, 0) is 70.3 Å². The van der Waals surface area contributed by atoms with Crippen molar-refractivity contribution in [2.24, 2.45) is 17.8 Å². The summed E-state index contributed by atoms with van der Waals surface area (Å²) in [4.78, 5) is 31.4. The van der Waals surface area contributed by atoms with Crippen molar-refractivity contribution in [2.45, 2.75) is 59.0 Å². The number of carbonyl (C=O) groups is 2. The molecule has 0 radical (unpaired) electrons. The monoisotopic (exact) mass is 491 g/mol. The van der Waals surface area contributed by atoms with Crippen molar-refractivity contribution >= 4 is 17.5 Å². The van der Waals surface area contributed by atoms with Crippen LogP contribution in [-0.4, -0.2) is 49.9 Å². The van der Waals surface area contributed by atoms with Crippen LogP contribution in [0.3, 0.4) is 0 Å². The Labute approximate surface area is 210 Å². The third-order valence-electron chi connectivity index (χ3n) is 7.24. The largest absolute Gasteiger partial charge is 0.494 e. The van der Waals surface area contributed by atoms with Gasteiger partial charge in [0, 0.05) is 30.1 Å². The Hall–Kier alpha value is -3.69. The van der Waals surface area contributed by atoms with Crippen LogP contribution in [0.2, 0.25) is 0 Å². The zero-order valence-electron chi connectivity index (χ0n) is 21.2. The van der Waals surface area contributed by atoms with Crippen LogP contribution in [-0.2, 0) is 11.3 Å². The number of anilines is 1. The highest BCUT2D eigenvalue weighted by Gasteiger charge is 2.48. The number of nitrogens with zero attached hydrogens (tertiary/aromatic N) is 4. The van der Waals surface area contributed by atoms with Gasteiger partial charge in [0.2, 0.25) is 5.91 Å². The third-order valence-corrected chi connectivity index (χ3v) is 7.24. The Morgan fingerprint density at radius 2 is 1.94 bits per heavy atom. The van der Waals surface area contributed by atoms with Gasteiger partial charge < -0.3 is 15.4 Å². The van der Waals surface area contributed by atoms with E-state index in [1.165, 1.54) is 0 Å². The molecule has 1 atom stereocenters. The summed E-state index contributed by atoms with van der Waals surface area (Å²) in [6, 6.07) is 2.81. The minimum atomic E-state index is -0.637. The Morgan fingerprint density at radius 3 is 2.53 bits per heavy atom. The second-order valence-electron chi connectivity index (χ2n) is 9.81. The molecule has 10 heteroatoms. The van der Waals surface area contributed by atoms with Gasteiger partial charge in [0.05, 0.1) is 24.7 Å². The molecule has 2 aliphatic carbocycles. The lowest BCUT2D eigenvalue weighted by Gasteiger charge is -2.27. The number of nitrogens with one attached hydrogen (secondary N) is 3. The van der Waals surface area contributed by atoms with Crippen LogP contribution in [0.1, 0.15) is 54.5 Å². The molecule has 2 fully saturated rings. The first kappa shape index (κ1) is 24.0. The molecule has 5 rings (SSSR count). The quantitative estimate of drug-likeness (QED) is 0.398. The molecule has 2 aliphatic rings. The molecular formula is C26H33N7O3. The first-order valence-electron chi connectivity index (χ1n) is 12.6. The molecule has 2 saturated carbocycles. The summed E-state index contributed by atoms with van der Waals surface area (Å²) in [6.07, 6.45) is 7.62. The molecule has 0 spiro atoms. The number of aromatic nitrogens is 5. The summed E-state index contributed by atoms with van der Waals surface area (Å²) in [5.41, 5.74) is 4.22. The molecule has 0 aliphatic heterocycles. The molecule has 0 saturated heterocycles. The maximum atomic E-state index is 13.7. The van der Waals surface area contributed by atoms with Gasteiger partial charge in [-0.1, -0.05) is 0 Å². The minimum absolute atomic E-state index is 0.123. The average molecular weight is 492 g/mol. The van der Waals surface area contributed by atoms with E-state index in [1.807, 2.05) is 20.8 Å². The fourth-order valence-electron chi connectivity index (χ4n) is 5.20. The lowest BCUT2D eigenvalue weighted by Crippen LogP contribution is -2.50. The highest BCUT2D eigenvalue weighted by Crippen LogP contribution is 2.51. The number of ether oxygens (including phenoxy) is 1. The van der Waals surface area contributed by atoms with E-state index in [1.54, 1.807) is 36.3 Å². The van der Waals surface area contributed by atoms with Crippen LogP contribution < -0.4 is 15.4 Å². The lowest BCUT2D eigenvalue weighted by atomic mass is 9.88. The van der Waals surface area contributed by atoms with Crippen LogP contribution in [0.25, 0.3) is 11.3 Å². The molecule has 3 heterocycles. The van der Waals surface area contributed by atoms with E-state index in [0.717, 1.165) is 42.6 Å². The summed E-state index contributed by atoms with van der Waals surface area (Å²) in [5.74, 6) is 1.07. The summed E-state index contributed by atoms with van der Waals surface area (Å²) >= 11 is 0. The van der Waals surface area contributed by atoms with E-state index in [0.29, 0.717) is 41.2 Å². The number of aryl methyl sites for hydroxylation is 3. The minimum Gasteiger partial charge on any atom is -0.494 e. The molecule has 0 aromatic carbocycles. The smallest absolute Gasteiger partial charge is 0.270 e. The van der Waals surface area contributed by atoms with Gasteiger partial charge in [0.15, 0.2) is 0 Å². The molecule has 3 aromatic heterocycles. The van der Waals surface area contributed by atoms with E-state index >= 15 is 0 Å². The van der Waals surface area contributed by atoms with Crippen molar-refractivity contribution in [2.75, 3.05) is 12.4 Å². The van der Waals surface area contributed by atoms with Gasteiger partial charge in [0.1, 0.15) is 23.2 Å². The number of carbonyl (C=O) groups excluding carboxylic acids is 2. The predicted octanol–water partition coefficient (Wildman–Crippen LogP) is 3.49. The Balaban J connectivity index is 1.40. The Morgan fingerprint density at radius 1 is 1.22 bits per heavy atom. The number of methoxy groups -OCH3 is 1. The van der Waals surface area contributed by atoms with E-state index in [9.17, 15) is 9.59 Å². The molecule has 3 N–H and O–H groups in total. The van der Waals surface area contributed by atoms with Crippen LogP contribution in [0.15, 0.2) is 24.5 Å². The Kier molecular flexibility index (Phi) is 6.51. The predicted molar refractivity (Wildman–Crippen MR) is 135 cm³/mol. The van der Waals surface area contributed by atoms with Crippen LogP contribution in [0.5, 0.6) is 5.75 Å². The topological polar surface area (TPSA) is 127 Å². The molecule has 3 aromatic rings. The number of aromatic amines is 1. The van der Waals surface area contributed by atoms with Crippen molar-refractivity contribution in [1.29, 1.82) is 0 Å². The van der Waals surface area contributed by atoms with Crippen LogP contribution in [0, 0.1) is 31.6 Å². The number of hydrogen-bond acceptors (Lipinski definition) is 6. The van der Waals surface area contributed by atoms with E-state index in [4.69, 9.17) is 4.74 Å². The number of rotatable bonds is 10. The lowest BCUT2D eigenvalue weighted by molar-refractivity contribution is -0.119. The number of pyridine rings is 1. The maximum Gasteiger partial charge on any atom is 0.270 e. The van der Waals surface area contributed by atoms with E-state index < -0.39 is 6.04 Å². The van der Waals surface area contributed by atoms with Crippen molar-refractivity contribution in [1.82, 2.24) is 30.3 Å². The van der Waals surface area contributed by atoms with Crippen LogP contribution in [0.4, 0.5) is 5.69 Å². The number of hydrogen-bond donors (Lipinski definition) is 3. The highest BCUT2D eigenvalue weighted by molar-refractivity contribution is 6.01. The van der Waals surface area contributed by atoms with Crippen molar-refractivity contribution in [3.63, 3.8) is 0 Å². The first-order valence-corrected chi connectivity index (χ1v) is 12.6. The Bertz CT molecular complexity index is 1240. The maximum absolute atomic E-state index is 13.7. The molecule has 190 valence electrons. The van der Waals surface area contributed by atoms with Gasteiger partial charge in [0.25, 0.3) is 5.91 Å². The molecule has 0 bridgehead atoms. The van der Waals surface area contributed by atoms with Gasteiger partial charge in [-0.2, -0.15) is 10.2 Å². The van der Waals surface area contributed by atoms with Crippen LogP contribution >= 0.6 is 0 Å². The van der Waals surface area contributed by atoms with Crippen molar-refractivity contribution in [3.05, 3.63) is 41.6 Å². The van der Waals surface area contributed by atoms with Gasteiger partial charge in [-0.3, -0.25) is 24.4 Å². The normalized spacial score (nSPS) is 16.1.